The summed E-state index contributed by atoms with van der Waals surface area (Å²) in [6.45, 7) is 8.36. The summed E-state index contributed by atoms with van der Waals surface area (Å²) in [5.41, 5.74) is 0.216. The van der Waals surface area contributed by atoms with Crippen molar-refractivity contribution < 1.29 is 4.74 Å². The third kappa shape index (κ3) is 6.87. The van der Waals surface area contributed by atoms with Crippen molar-refractivity contribution in [3.8, 4) is 5.75 Å². The molecule has 1 aromatic carbocycles. The van der Waals surface area contributed by atoms with Gasteiger partial charge in [-0.15, -0.1) is 0 Å². The van der Waals surface area contributed by atoms with Gasteiger partial charge in [-0.05, 0) is 58.7 Å². The highest BCUT2D eigenvalue weighted by Gasteiger charge is 2.06. The van der Waals surface area contributed by atoms with Gasteiger partial charge in [-0.25, -0.2) is 0 Å². The molecule has 0 saturated carbocycles. The zero-order chi connectivity index (χ0) is 13.4. The Morgan fingerprint density at radius 2 is 1.83 bits per heavy atom. The number of ether oxygens (including phenoxy) is 1. The minimum absolute atomic E-state index is 0.216. The molecule has 0 aliphatic carbocycles. The molecule has 102 valence electrons. The average molecular weight is 270 g/mol. The van der Waals surface area contributed by atoms with E-state index in [4.69, 9.17) is 16.3 Å². The van der Waals surface area contributed by atoms with Gasteiger partial charge in [-0.3, -0.25) is 0 Å². The molecule has 0 saturated heterocycles. The molecular formula is C15H24ClNO. The lowest BCUT2D eigenvalue weighted by Crippen LogP contribution is -2.36. The fourth-order valence-corrected chi connectivity index (χ4v) is 1.80. The van der Waals surface area contributed by atoms with E-state index in [1.54, 1.807) is 0 Å². The predicted molar refractivity (Wildman–Crippen MR) is 78.6 cm³/mol. The summed E-state index contributed by atoms with van der Waals surface area (Å²) in [7, 11) is 0. The van der Waals surface area contributed by atoms with Crippen molar-refractivity contribution in [1.82, 2.24) is 5.32 Å². The number of rotatable bonds is 7. The summed E-state index contributed by atoms with van der Waals surface area (Å²) in [5, 5.41) is 4.16. The second-order valence-corrected chi connectivity index (χ2v) is 5.92. The van der Waals surface area contributed by atoms with Crippen LogP contribution in [0.25, 0.3) is 0 Å². The molecule has 0 unspecified atom stereocenters. The Labute approximate surface area is 116 Å². The van der Waals surface area contributed by atoms with Crippen molar-refractivity contribution >= 4 is 11.6 Å². The Hall–Kier alpha value is -0.730. The first-order valence-electron chi connectivity index (χ1n) is 6.61. The zero-order valence-corrected chi connectivity index (χ0v) is 12.4. The molecule has 0 radical (unpaired) electrons. The summed E-state index contributed by atoms with van der Waals surface area (Å²) < 4.78 is 5.63. The molecule has 0 aliphatic rings. The largest absolute Gasteiger partial charge is 0.492 e. The number of hydrogen-bond acceptors (Lipinski definition) is 2. The number of hydrogen-bond donors (Lipinski definition) is 1. The van der Waals surface area contributed by atoms with Gasteiger partial charge in [0.25, 0.3) is 0 Å². The molecule has 2 nitrogen and oxygen atoms in total. The molecule has 0 aliphatic heterocycles. The van der Waals surface area contributed by atoms with Crippen LogP contribution in [0, 0.1) is 0 Å². The fourth-order valence-electron chi connectivity index (χ4n) is 1.61. The summed E-state index contributed by atoms with van der Waals surface area (Å²) in [6.07, 6.45) is 3.42. The van der Waals surface area contributed by atoms with Gasteiger partial charge in [0, 0.05) is 5.54 Å². The molecule has 1 N–H and O–H groups in total. The van der Waals surface area contributed by atoms with Gasteiger partial charge in [0.15, 0.2) is 0 Å². The van der Waals surface area contributed by atoms with Crippen LogP contribution in [-0.4, -0.2) is 18.7 Å². The van der Waals surface area contributed by atoms with Gasteiger partial charge in [-0.1, -0.05) is 23.7 Å². The van der Waals surface area contributed by atoms with Crippen LogP contribution in [0.15, 0.2) is 24.3 Å². The van der Waals surface area contributed by atoms with Crippen LogP contribution in [0.3, 0.4) is 0 Å². The monoisotopic (exact) mass is 269 g/mol. The molecule has 3 heteroatoms. The van der Waals surface area contributed by atoms with Crippen molar-refractivity contribution in [3.05, 3.63) is 29.3 Å². The van der Waals surface area contributed by atoms with Crippen LogP contribution in [0.2, 0.25) is 5.02 Å². The van der Waals surface area contributed by atoms with Gasteiger partial charge >= 0.3 is 0 Å². The maximum Gasteiger partial charge on any atom is 0.137 e. The van der Waals surface area contributed by atoms with Crippen molar-refractivity contribution in [2.45, 2.75) is 45.6 Å². The number of para-hydroxylation sites is 1. The minimum Gasteiger partial charge on any atom is -0.492 e. The van der Waals surface area contributed by atoms with Crippen LogP contribution in [0.5, 0.6) is 5.75 Å². The van der Waals surface area contributed by atoms with Crippen LogP contribution < -0.4 is 10.1 Å². The van der Waals surface area contributed by atoms with Crippen LogP contribution >= 0.6 is 11.6 Å². The number of benzene rings is 1. The van der Waals surface area contributed by atoms with E-state index >= 15 is 0 Å². The molecule has 0 aromatic heterocycles. The molecule has 18 heavy (non-hydrogen) atoms. The highest BCUT2D eigenvalue weighted by Crippen LogP contribution is 2.23. The van der Waals surface area contributed by atoms with E-state index in [9.17, 15) is 0 Å². The van der Waals surface area contributed by atoms with E-state index in [-0.39, 0.29) is 5.54 Å². The first-order chi connectivity index (χ1) is 8.49. The van der Waals surface area contributed by atoms with E-state index in [1.165, 1.54) is 12.8 Å². The Kier molecular flexibility index (Phi) is 6.51. The SMILES string of the molecule is CC(C)(C)NCCCCCOc1ccccc1Cl. The molecule has 0 bridgehead atoms. The lowest BCUT2D eigenvalue weighted by atomic mass is 10.1. The molecule has 0 fully saturated rings. The van der Waals surface area contributed by atoms with Crippen molar-refractivity contribution in [2.75, 3.05) is 13.2 Å². The summed E-state index contributed by atoms with van der Waals surface area (Å²) in [4.78, 5) is 0. The van der Waals surface area contributed by atoms with E-state index in [0.29, 0.717) is 5.02 Å². The van der Waals surface area contributed by atoms with Crippen molar-refractivity contribution in [3.63, 3.8) is 0 Å². The van der Waals surface area contributed by atoms with E-state index < -0.39 is 0 Å². The first kappa shape index (κ1) is 15.3. The smallest absolute Gasteiger partial charge is 0.137 e. The van der Waals surface area contributed by atoms with Crippen LogP contribution in [-0.2, 0) is 0 Å². The minimum atomic E-state index is 0.216. The fraction of sp³-hybridized carbons (Fsp3) is 0.600. The highest BCUT2D eigenvalue weighted by molar-refractivity contribution is 6.32. The molecule has 0 spiro atoms. The van der Waals surface area contributed by atoms with Crippen molar-refractivity contribution in [2.24, 2.45) is 0 Å². The van der Waals surface area contributed by atoms with Gasteiger partial charge in [0.1, 0.15) is 5.75 Å². The van der Waals surface area contributed by atoms with E-state index in [1.807, 2.05) is 24.3 Å². The van der Waals surface area contributed by atoms with Gasteiger partial charge in [0.05, 0.1) is 11.6 Å². The quantitative estimate of drug-likeness (QED) is 0.746. The standard InChI is InChI=1S/C15H24ClNO/c1-15(2,3)17-11-7-4-8-12-18-14-10-6-5-9-13(14)16/h5-6,9-10,17H,4,7-8,11-12H2,1-3H3. The zero-order valence-electron chi connectivity index (χ0n) is 11.6. The summed E-state index contributed by atoms with van der Waals surface area (Å²) in [6, 6.07) is 7.61. The molecule has 1 aromatic rings. The Bertz CT molecular complexity index is 347. The third-order valence-electron chi connectivity index (χ3n) is 2.57. The highest BCUT2D eigenvalue weighted by atomic mass is 35.5. The number of nitrogens with one attached hydrogen (secondary N) is 1. The third-order valence-corrected chi connectivity index (χ3v) is 2.88. The topological polar surface area (TPSA) is 21.3 Å². The normalized spacial score (nSPS) is 11.6. The van der Waals surface area contributed by atoms with Crippen molar-refractivity contribution in [1.29, 1.82) is 0 Å². The van der Waals surface area contributed by atoms with Gasteiger partial charge < -0.3 is 10.1 Å². The van der Waals surface area contributed by atoms with Gasteiger partial charge in [-0.2, -0.15) is 0 Å². The first-order valence-corrected chi connectivity index (χ1v) is 6.99. The Morgan fingerprint density at radius 1 is 1.11 bits per heavy atom. The van der Waals surface area contributed by atoms with Gasteiger partial charge in [0.2, 0.25) is 0 Å². The average Bonchev–Trinajstić information content (AvgIpc) is 2.28. The molecular weight excluding hydrogens is 246 g/mol. The van der Waals surface area contributed by atoms with Crippen LogP contribution in [0.1, 0.15) is 40.0 Å². The van der Waals surface area contributed by atoms with Crippen LogP contribution in [0.4, 0.5) is 0 Å². The molecule has 0 atom stereocenters. The predicted octanol–water partition coefficient (Wildman–Crippen LogP) is 4.28. The lowest BCUT2D eigenvalue weighted by Gasteiger charge is -2.20. The second-order valence-electron chi connectivity index (χ2n) is 5.52. The number of unbranched alkanes of at least 4 members (excludes halogenated alkanes) is 2. The Balaban J connectivity index is 2.04. The Morgan fingerprint density at radius 3 is 2.50 bits per heavy atom. The molecule has 1 rings (SSSR count). The summed E-state index contributed by atoms with van der Waals surface area (Å²) >= 11 is 6.00. The number of halogens is 1. The van der Waals surface area contributed by atoms with E-state index in [2.05, 4.69) is 26.1 Å². The molecule has 0 heterocycles. The maximum absolute atomic E-state index is 6.00. The van der Waals surface area contributed by atoms with E-state index in [0.717, 1.165) is 25.3 Å². The second kappa shape index (κ2) is 7.65. The molecule has 0 amide bonds. The summed E-state index contributed by atoms with van der Waals surface area (Å²) in [5.74, 6) is 0.784. The lowest BCUT2D eigenvalue weighted by molar-refractivity contribution is 0.303. The maximum atomic E-state index is 6.00.